The molecule has 31 heavy (non-hydrogen) atoms. The second kappa shape index (κ2) is 11.0. The van der Waals surface area contributed by atoms with E-state index in [1.165, 1.54) is 25.0 Å². The highest BCUT2D eigenvalue weighted by Gasteiger charge is 2.28. The number of likely N-dealkylation sites (tertiary alicyclic amines) is 1. The van der Waals surface area contributed by atoms with E-state index in [1.54, 1.807) is 42.5 Å². The van der Waals surface area contributed by atoms with Gasteiger partial charge in [0.2, 0.25) is 5.91 Å². The molecule has 2 aromatic carbocycles. The van der Waals surface area contributed by atoms with E-state index in [-0.39, 0.29) is 28.1 Å². The lowest BCUT2D eigenvalue weighted by atomic mass is 9.99. The van der Waals surface area contributed by atoms with Crippen molar-refractivity contribution in [1.29, 1.82) is 0 Å². The fourth-order valence-electron chi connectivity index (χ4n) is 3.68. The number of carbonyl (C=O) groups excluding carboxylic acids is 1. The molecule has 0 unspecified atom stereocenters. The van der Waals surface area contributed by atoms with E-state index in [2.05, 4.69) is 17.1 Å². The Morgan fingerprint density at radius 1 is 1.10 bits per heavy atom. The molecule has 6 nitrogen and oxygen atoms in total. The zero-order valence-corrected chi connectivity index (χ0v) is 19.4. The molecule has 0 atom stereocenters. The Labute approximate surface area is 190 Å². The largest absolute Gasteiger partial charge is 0.354 e. The van der Waals surface area contributed by atoms with Crippen LogP contribution < -0.4 is 9.62 Å². The number of hydrogen-bond acceptors (Lipinski definition) is 4. The fraction of sp³-hybridized carbons (Fsp3) is 0.435. The number of rotatable bonds is 9. The van der Waals surface area contributed by atoms with Crippen LogP contribution in [0, 0.1) is 5.92 Å². The summed E-state index contributed by atoms with van der Waals surface area (Å²) in [5, 5.41) is 3.13. The molecule has 1 aliphatic rings. The maximum atomic E-state index is 13.3. The number of benzene rings is 2. The van der Waals surface area contributed by atoms with Gasteiger partial charge in [-0.1, -0.05) is 48.9 Å². The summed E-state index contributed by atoms with van der Waals surface area (Å²) in [6.45, 7) is 5.60. The third-order valence-electron chi connectivity index (χ3n) is 5.59. The lowest BCUT2D eigenvalue weighted by molar-refractivity contribution is -0.119. The predicted octanol–water partition coefficient (Wildman–Crippen LogP) is 3.77. The van der Waals surface area contributed by atoms with Crippen LogP contribution >= 0.6 is 11.6 Å². The highest BCUT2D eigenvalue weighted by molar-refractivity contribution is 7.92. The average Bonchev–Trinajstić information content (AvgIpc) is 2.77. The molecule has 8 heteroatoms. The summed E-state index contributed by atoms with van der Waals surface area (Å²) in [4.78, 5) is 15.2. The van der Waals surface area contributed by atoms with Crippen LogP contribution in [0.3, 0.4) is 0 Å². The second-order valence-corrected chi connectivity index (χ2v) is 10.3. The van der Waals surface area contributed by atoms with Gasteiger partial charge in [-0.3, -0.25) is 9.10 Å². The van der Waals surface area contributed by atoms with Crippen molar-refractivity contribution in [2.45, 2.75) is 31.1 Å². The van der Waals surface area contributed by atoms with Crippen molar-refractivity contribution in [3.63, 3.8) is 0 Å². The molecule has 0 bridgehead atoms. The third-order valence-corrected chi connectivity index (χ3v) is 7.68. The van der Waals surface area contributed by atoms with Gasteiger partial charge in [0.1, 0.15) is 6.54 Å². The maximum Gasteiger partial charge on any atom is 0.264 e. The molecule has 1 saturated heterocycles. The minimum Gasteiger partial charge on any atom is -0.354 e. The molecule has 0 saturated carbocycles. The van der Waals surface area contributed by atoms with Crippen LogP contribution in [0.15, 0.2) is 59.5 Å². The van der Waals surface area contributed by atoms with Crippen molar-refractivity contribution < 1.29 is 13.2 Å². The van der Waals surface area contributed by atoms with Crippen LogP contribution in [-0.2, 0) is 14.8 Å². The highest BCUT2D eigenvalue weighted by atomic mass is 35.5. The van der Waals surface area contributed by atoms with Crippen LogP contribution in [0.5, 0.6) is 0 Å². The highest BCUT2D eigenvalue weighted by Crippen LogP contribution is 2.30. The fourth-order valence-corrected chi connectivity index (χ4v) is 5.42. The van der Waals surface area contributed by atoms with Gasteiger partial charge < -0.3 is 10.2 Å². The second-order valence-electron chi connectivity index (χ2n) is 8.00. The zero-order chi connectivity index (χ0) is 22.3. The maximum absolute atomic E-state index is 13.3. The van der Waals surface area contributed by atoms with Gasteiger partial charge in [0.05, 0.1) is 15.6 Å². The molecule has 168 valence electrons. The van der Waals surface area contributed by atoms with Crippen molar-refractivity contribution in [3.05, 3.63) is 59.6 Å². The lowest BCUT2D eigenvalue weighted by Gasteiger charge is -2.30. The number of anilines is 1. The molecule has 1 fully saturated rings. The molecular weight excluding hydrogens is 434 g/mol. The molecule has 3 rings (SSSR count). The summed E-state index contributed by atoms with van der Waals surface area (Å²) < 4.78 is 27.6. The monoisotopic (exact) mass is 463 g/mol. The minimum absolute atomic E-state index is 0.113. The molecule has 0 spiro atoms. The Bertz CT molecular complexity index is 961. The molecule has 1 aliphatic heterocycles. The number of nitrogens with one attached hydrogen (secondary N) is 1. The smallest absolute Gasteiger partial charge is 0.264 e. The van der Waals surface area contributed by atoms with Crippen molar-refractivity contribution >= 4 is 33.2 Å². The van der Waals surface area contributed by atoms with E-state index in [9.17, 15) is 13.2 Å². The molecule has 0 aromatic heterocycles. The SMILES string of the molecule is CC1CCN(CCCNC(=O)CN(c2ccccc2Cl)S(=O)(=O)c2ccccc2)CC1. The van der Waals surface area contributed by atoms with E-state index < -0.39 is 10.0 Å². The van der Waals surface area contributed by atoms with E-state index in [1.807, 2.05) is 0 Å². The van der Waals surface area contributed by atoms with Crippen molar-refractivity contribution in [2.24, 2.45) is 5.92 Å². The normalized spacial score (nSPS) is 15.5. The number of piperidine rings is 1. The number of carbonyl (C=O) groups is 1. The Hall–Kier alpha value is -2.09. The van der Waals surface area contributed by atoms with Crippen molar-refractivity contribution in [2.75, 3.05) is 37.0 Å². The zero-order valence-electron chi connectivity index (χ0n) is 17.8. The van der Waals surface area contributed by atoms with Gasteiger partial charge >= 0.3 is 0 Å². The average molecular weight is 464 g/mol. The summed E-state index contributed by atoms with van der Waals surface area (Å²) in [5.41, 5.74) is 0.283. The van der Waals surface area contributed by atoms with Gasteiger partial charge in [-0.05, 0) is 69.1 Å². The summed E-state index contributed by atoms with van der Waals surface area (Å²) in [6.07, 6.45) is 3.27. The first kappa shape index (κ1) is 23.6. The Morgan fingerprint density at radius 2 is 1.74 bits per heavy atom. The number of sulfonamides is 1. The number of para-hydroxylation sites is 1. The molecule has 0 aliphatic carbocycles. The van der Waals surface area contributed by atoms with Crippen LogP contribution in [-0.4, -0.2) is 51.9 Å². The van der Waals surface area contributed by atoms with E-state index in [0.717, 1.165) is 36.3 Å². The minimum atomic E-state index is -3.94. The summed E-state index contributed by atoms with van der Waals surface area (Å²) in [7, 11) is -3.94. The Morgan fingerprint density at radius 3 is 2.42 bits per heavy atom. The van der Waals surface area contributed by atoms with Crippen molar-refractivity contribution in [3.8, 4) is 0 Å². The van der Waals surface area contributed by atoms with Crippen molar-refractivity contribution in [1.82, 2.24) is 10.2 Å². The van der Waals surface area contributed by atoms with Crippen LogP contribution in [0.2, 0.25) is 5.02 Å². The van der Waals surface area contributed by atoms with Crippen LogP contribution in [0.4, 0.5) is 5.69 Å². The summed E-state index contributed by atoms with van der Waals surface area (Å²) in [6, 6.07) is 14.7. The molecule has 2 aromatic rings. The van der Waals surface area contributed by atoms with E-state index in [4.69, 9.17) is 11.6 Å². The van der Waals surface area contributed by atoms with Gasteiger partial charge in [0.15, 0.2) is 0 Å². The first-order valence-corrected chi connectivity index (χ1v) is 12.5. The summed E-state index contributed by atoms with van der Waals surface area (Å²) in [5.74, 6) is 0.435. The molecule has 1 amide bonds. The Balaban J connectivity index is 1.64. The van der Waals surface area contributed by atoms with Crippen LogP contribution in [0.1, 0.15) is 26.2 Å². The molecule has 1 N–H and O–H groups in total. The number of amides is 1. The molecular formula is C23H30ClN3O3S. The van der Waals surface area contributed by atoms with Gasteiger partial charge in [-0.2, -0.15) is 0 Å². The van der Waals surface area contributed by atoms with Gasteiger partial charge in [0.25, 0.3) is 10.0 Å². The topological polar surface area (TPSA) is 69.7 Å². The van der Waals surface area contributed by atoms with Crippen LogP contribution in [0.25, 0.3) is 0 Å². The van der Waals surface area contributed by atoms with E-state index >= 15 is 0 Å². The molecule has 1 heterocycles. The van der Waals surface area contributed by atoms with E-state index in [0.29, 0.717) is 6.54 Å². The quantitative estimate of drug-likeness (QED) is 0.574. The van der Waals surface area contributed by atoms with Gasteiger partial charge in [-0.15, -0.1) is 0 Å². The first-order valence-electron chi connectivity index (χ1n) is 10.7. The van der Waals surface area contributed by atoms with Gasteiger partial charge in [-0.25, -0.2) is 8.42 Å². The lowest BCUT2D eigenvalue weighted by Crippen LogP contribution is -2.42. The number of nitrogens with zero attached hydrogens (tertiary/aromatic N) is 2. The van der Waals surface area contributed by atoms with Gasteiger partial charge in [0, 0.05) is 6.54 Å². The third kappa shape index (κ3) is 6.45. The number of halogens is 1. The molecule has 0 radical (unpaired) electrons. The predicted molar refractivity (Wildman–Crippen MR) is 125 cm³/mol. The number of hydrogen-bond donors (Lipinski definition) is 1. The summed E-state index contributed by atoms with van der Waals surface area (Å²) >= 11 is 6.28. The Kier molecular flexibility index (Phi) is 8.35. The first-order chi connectivity index (χ1) is 14.9. The standard InChI is InChI=1S/C23H30ClN3O3S/c1-19-12-16-26(17-13-19)15-7-14-25-23(28)18-27(22-11-6-5-10-21(22)24)31(29,30)20-8-3-2-4-9-20/h2-6,8-11,19H,7,12-18H2,1H3,(H,25,28).